The average molecular weight is 262 g/mol. The summed E-state index contributed by atoms with van der Waals surface area (Å²) in [6.45, 7) is 3.38. The van der Waals surface area contributed by atoms with Crippen LogP contribution in [0.5, 0.6) is 0 Å². The van der Waals surface area contributed by atoms with E-state index in [4.69, 9.17) is 4.74 Å². The molecule has 0 radical (unpaired) electrons. The molecule has 0 spiro atoms. The Morgan fingerprint density at radius 1 is 1.47 bits per heavy atom. The Balaban J connectivity index is 2.11. The second kappa shape index (κ2) is 5.30. The predicted molar refractivity (Wildman–Crippen MR) is 73.1 cm³/mol. The average Bonchev–Trinajstić information content (AvgIpc) is 2.67. The van der Waals surface area contributed by atoms with Gasteiger partial charge in [0.05, 0.1) is 0 Å². The number of carbonyl (C=O) groups excluding carboxylic acids is 2. The molecule has 1 amide bonds. The molecule has 1 aromatic carbocycles. The van der Waals surface area contributed by atoms with Crippen molar-refractivity contribution in [2.24, 2.45) is 0 Å². The fourth-order valence-corrected chi connectivity index (χ4v) is 2.06. The lowest BCUT2D eigenvalue weighted by atomic mass is 10.1. The van der Waals surface area contributed by atoms with E-state index < -0.39 is 0 Å². The van der Waals surface area contributed by atoms with Gasteiger partial charge in [-0.15, -0.1) is 0 Å². The summed E-state index contributed by atoms with van der Waals surface area (Å²) in [4.78, 5) is 24.4. The van der Waals surface area contributed by atoms with Crippen LogP contribution in [0.15, 0.2) is 24.3 Å². The van der Waals surface area contributed by atoms with Crippen LogP contribution in [-0.4, -0.2) is 31.1 Å². The zero-order valence-corrected chi connectivity index (χ0v) is 11.3. The smallest absolute Gasteiger partial charge is 0.328 e. The number of hydrogen-bond acceptors (Lipinski definition) is 4. The summed E-state index contributed by atoms with van der Waals surface area (Å²) in [5.41, 5.74) is 1.60. The van der Waals surface area contributed by atoms with Crippen LogP contribution in [0.4, 0.5) is 11.4 Å². The Hall–Kier alpha value is -2.04. The molecule has 2 atom stereocenters. The maximum Gasteiger partial charge on any atom is 0.328 e. The molecular formula is C14H18N2O3. The summed E-state index contributed by atoms with van der Waals surface area (Å²) in [7, 11) is 1.72. The van der Waals surface area contributed by atoms with Gasteiger partial charge in [0, 0.05) is 31.8 Å². The Bertz CT molecular complexity index is 501. The fourth-order valence-electron chi connectivity index (χ4n) is 2.06. The van der Waals surface area contributed by atoms with Crippen LogP contribution in [0.3, 0.4) is 0 Å². The first-order valence-corrected chi connectivity index (χ1v) is 6.29. The standard InChI is InChI=1S/C14H18N2O3/c1-9-7-13(14(18)19-9)15-11-5-4-6-12(8-11)16(3)10(2)17/h4-6,8-9,13,15H,7H2,1-3H3. The van der Waals surface area contributed by atoms with Crippen molar-refractivity contribution in [3.8, 4) is 0 Å². The second-order valence-corrected chi connectivity index (χ2v) is 4.81. The first-order chi connectivity index (χ1) is 8.97. The predicted octanol–water partition coefficient (Wildman–Crippen LogP) is 1.79. The third kappa shape index (κ3) is 3.05. The molecule has 2 rings (SSSR count). The summed E-state index contributed by atoms with van der Waals surface area (Å²) >= 11 is 0. The highest BCUT2D eigenvalue weighted by atomic mass is 16.6. The van der Waals surface area contributed by atoms with Crippen LogP contribution >= 0.6 is 0 Å². The van der Waals surface area contributed by atoms with E-state index >= 15 is 0 Å². The molecule has 1 fully saturated rings. The number of rotatable bonds is 3. The number of amides is 1. The molecule has 1 heterocycles. The molecule has 0 bridgehead atoms. The number of ether oxygens (including phenoxy) is 1. The van der Waals surface area contributed by atoms with Crippen LogP contribution in [-0.2, 0) is 14.3 Å². The Morgan fingerprint density at radius 3 is 2.79 bits per heavy atom. The number of nitrogens with zero attached hydrogens (tertiary/aromatic N) is 1. The summed E-state index contributed by atoms with van der Waals surface area (Å²) in [5.74, 6) is -0.260. The highest BCUT2D eigenvalue weighted by Crippen LogP contribution is 2.23. The quantitative estimate of drug-likeness (QED) is 0.844. The SMILES string of the molecule is CC(=O)N(C)c1cccc(NC2CC(C)OC2=O)c1. The van der Waals surface area contributed by atoms with Crippen LogP contribution in [0, 0.1) is 0 Å². The number of nitrogens with one attached hydrogen (secondary N) is 1. The van der Waals surface area contributed by atoms with Crippen molar-refractivity contribution in [3.63, 3.8) is 0 Å². The number of hydrogen-bond donors (Lipinski definition) is 1. The van der Waals surface area contributed by atoms with E-state index in [1.54, 1.807) is 11.9 Å². The minimum absolute atomic E-state index is 0.0361. The van der Waals surface area contributed by atoms with E-state index in [9.17, 15) is 9.59 Å². The van der Waals surface area contributed by atoms with Gasteiger partial charge in [0.25, 0.3) is 0 Å². The molecule has 0 saturated carbocycles. The molecule has 1 aliphatic heterocycles. The van der Waals surface area contributed by atoms with Crippen LogP contribution in [0.1, 0.15) is 20.3 Å². The first kappa shape index (κ1) is 13.4. The number of benzene rings is 1. The summed E-state index contributed by atoms with van der Waals surface area (Å²) < 4.78 is 5.10. The van der Waals surface area contributed by atoms with Crippen LogP contribution < -0.4 is 10.2 Å². The van der Waals surface area contributed by atoms with Crippen molar-refractivity contribution >= 4 is 23.3 Å². The number of anilines is 2. The van der Waals surface area contributed by atoms with Gasteiger partial charge in [-0.1, -0.05) is 6.07 Å². The Morgan fingerprint density at radius 2 is 2.21 bits per heavy atom. The normalized spacial score (nSPS) is 21.9. The fraction of sp³-hybridized carbons (Fsp3) is 0.429. The van der Waals surface area contributed by atoms with E-state index in [0.717, 1.165) is 11.4 Å². The lowest BCUT2D eigenvalue weighted by molar-refractivity contribution is -0.141. The van der Waals surface area contributed by atoms with Gasteiger partial charge in [0.1, 0.15) is 12.1 Å². The number of esters is 1. The van der Waals surface area contributed by atoms with Crippen molar-refractivity contribution in [2.75, 3.05) is 17.3 Å². The van der Waals surface area contributed by atoms with Crippen molar-refractivity contribution in [1.29, 1.82) is 0 Å². The Labute approximate surface area is 112 Å². The van der Waals surface area contributed by atoms with Gasteiger partial charge in [-0.25, -0.2) is 4.79 Å². The summed E-state index contributed by atoms with van der Waals surface area (Å²) in [6, 6.07) is 7.10. The van der Waals surface area contributed by atoms with Crippen molar-refractivity contribution < 1.29 is 14.3 Å². The molecule has 1 N–H and O–H groups in total. The molecule has 5 nitrogen and oxygen atoms in total. The van der Waals surface area contributed by atoms with Gasteiger partial charge in [-0.2, -0.15) is 0 Å². The molecule has 0 aromatic heterocycles. The van der Waals surface area contributed by atoms with E-state index in [2.05, 4.69) is 5.32 Å². The van der Waals surface area contributed by atoms with Gasteiger partial charge in [-0.3, -0.25) is 4.79 Å². The van der Waals surface area contributed by atoms with Gasteiger partial charge >= 0.3 is 5.97 Å². The van der Waals surface area contributed by atoms with Gasteiger partial charge in [0.2, 0.25) is 5.91 Å². The summed E-state index contributed by atoms with van der Waals surface area (Å²) in [6.07, 6.45) is 0.610. The van der Waals surface area contributed by atoms with Crippen LogP contribution in [0.25, 0.3) is 0 Å². The van der Waals surface area contributed by atoms with E-state index in [0.29, 0.717) is 6.42 Å². The molecular weight excluding hydrogens is 244 g/mol. The number of cyclic esters (lactones) is 1. The monoisotopic (exact) mass is 262 g/mol. The van der Waals surface area contributed by atoms with E-state index in [1.807, 2.05) is 31.2 Å². The van der Waals surface area contributed by atoms with Gasteiger partial charge in [-0.05, 0) is 25.1 Å². The second-order valence-electron chi connectivity index (χ2n) is 4.81. The van der Waals surface area contributed by atoms with E-state index in [-0.39, 0.29) is 24.0 Å². The third-order valence-corrected chi connectivity index (χ3v) is 3.22. The molecule has 19 heavy (non-hydrogen) atoms. The van der Waals surface area contributed by atoms with Gasteiger partial charge in [0.15, 0.2) is 0 Å². The van der Waals surface area contributed by atoms with Crippen molar-refractivity contribution in [1.82, 2.24) is 0 Å². The lowest BCUT2D eigenvalue weighted by Gasteiger charge is -2.17. The first-order valence-electron chi connectivity index (χ1n) is 6.29. The lowest BCUT2D eigenvalue weighted by Crippen LogP contribution is -2.25. The van der Waals surface area contributed by atoms with Crippen molar-refractivity contribution in [2.45, 2.75) is 32.4 Å². The maximum atomic E-state index is 11.6. The molecule has 1 aliphatic rings. The zero-order chi connectivity index (χ0) is 14.0. The highest BCUT2D eigenvalue weighted by Gasteiger charge is 2.31. The van der Waals surface area contributed by atoms with E-state index in [1.165, 1.54) is 6.92 Å². The van der Waals surface area contributed by atoms with Crippen molar-refractivity contribution in [3.05, 3.63) is 24.3 Å². The zero-order valence-electron chi connectivity index (χ0n) is 11.3. The molecule has 102 valence electrons. The molecule has 2 unspecified atom stereocenters. The maximum absolute atomic E-state index is 11.6. The highest BCUT2D eigenvalue weighted by molar-refractivity contribution is 5.91. The molecule has 1 aromatic rings. The molecule has 5 heteroatoms. The molecule has 0 aliphatic carbocycles. The summed E-state index contributed by atoms with van der Waals surface area (Å²) in [5, 5.41) is 3.14. The third-order valence-electron chi connectivity index (χ3n) is 3.22. The largest absolute Gasteiger partial charge is 0.461 e. The number of carbonyl (C=O) groups is 2. The van der Waals surface area contributed by atoms with Crippen LogP contribution in [0.2, 0.25) is 0 Å². The topological polar surface area (TPSA) is 58.6 Å². The van der Waals surface area contributed by atoms with Gasteiger partial charge < -0.3 is 15.0 Å². The Kier molecular flexibility index (Phi) is 3.74. The molecule has 1 saturated heterocycles. The minimum Gasteiger partial charge on any atom is -0.461 e. The minimum atomic E-state index is -0.312.